The van der Waals surface area contributed by atoms with Crippen LogP contribution in [-0.2, 0) is 4.79 Å². The Balaban J connectivity index is 0.00000220. The molecule has 3 amide bonds. The summed E-state index contributed by atoms with van der Waals surface area (Å²) < 4.78 is 0. The summed E-state index contributed by atoms with van der Waals surface area (Å²) in [6, 6.07) is -0.0158. The van der Waals surface area contributed by atoms with Crippen LogP contribution in [0.3, 0.4) is 0 Å². The molecule has 122 valence electrons. The second kappa shape index (κ2) is 9.10. The molecule has 0 aromatic rings. The van der Waals surface area contributed by atoms with Crippen molar-refractivity contribution in [3.63, 3.8) is 0 Å². The van der Waals surface area contributed by atoms with E-state index in [1.54, 1.807) is 4.90 Å². The molecule has 7 heteroatoms. The first-order chi connectivity index (χ1) is 9.70. The zero-order valence-electron chi connectivity index (χ0n) is 12.8. The minimum Gasteiger partial charge on any atom is -0.339 e. The lowest BCUT2D eigenvalue weighted by Gasteiger charge is -2.35. The monoisotopic (exact) mass is 318 g/mol. The van der Waals surface area contributed by atoms with E-state index in [2.05, 4.69) is 10.6 Å². The maximum atomic E-state index is 12.3. The average Bonchev–Trinajstić information content (AvgIpc) is 2.48. The van der Waals surface area contributed by atoms with Crippen LogP contribution in [0.4, 0.5) is 4.79 Å². The van der Waals surface area contributed by atoms with Crippen molar-refractivity contribution in [2.24, 2.45) is 5.92 Å². The number of carbonyl (C=O) groups is 2. The van der Waals surface area contributed by atoms with Crippen LogP contribution in [0.2, 0.25) is 0 Å². The van der Waals surface area contributed by atoms with Crippen LogP contribution in [0, 0.1) is 5.92 Å². The highest BCUT2D eigenvalue weighted by atomic mass is 35.5. The maximum absolute atomic E-state index is 12.3. The topological polar surface area (TPSA) is 64.7 Å². The summed E-state index contributed by atoms with van der Waals surface area (Å²) in [6.45, 7) is 7.24. The minimum absolute atomic E-state index is 0. The van der Waals surface area contributed by atoms with Crippen LogP contribution in [0.15, 0.2) is 0 Å². The number of hydrogen-bond donors (Lipinski definition) is 2. The Bertz CT molecular complexity index is 340. The van der Waals surface area contributed by atoms with E-state index in [9.17, 15) is 9.59 Å². The number of piperidine rings is 1. The Morgan fingerprint density at radius 1 is 1.10 bits per heavy atom. The van der Waals surface area contributed by atoms with E-state index in [1.807, 2.05) is 11.8 Å². The predicted octanol–water partition coefficient (Wildman–Crippen LogP) is 0.672. The van der Waals surface area contributed by atoms with Gasteiger partial charge in [0.2, 0.25) is 5.91 Å². The van der Waals surface area contributed by atoms with Gasteiger partial charge in [-0.15, -0.1) is 12.4 Å². The van der Waals surface area contributed by atoms with Crippen molar-refractivity contribution in [3.05, 3.63) is 0 Å². The summed E-state index contributed by atoms with van der Waals surface area (Å²) in [4.78, 5) is 27.7. The summed E-state index contributed by atoms with van der Waals surface area (Å²) in [6.07, 6.45) is 2.87. The lowest BCUT2D eigenvalue weighted by atomic mass is 9.94. The second-order valence-corrected chi connectivity index (χ2v) is 5.60. The summed E-state index contributed by atoms with van der Waals surface area (Å²) in [5.74, 6) is 0.789. The first-order valence-corrected chi connectivity index (χ1v) is 7.72. The highest BCUT2D eigenvalue weighted by Crippen LogP contribution is 2.17. The van der Waals surface area contributed by atoms with Gasteiger partial charge in [-0.1, -0.05) is 0 Å². The van der Waals surface area contributed by atoms with Gasteiger partial charge in [0.15, 0.2) is 0 Å². The number of halogens is 1. The largest absolute Gasteiger partial charge is 0.339 e. The molecule has 2 rings (SSSR count). The van der Waals surface area contributed by atoms with E-state index in [0.717, 1.165) is 25.9 Å². The second-order valence-electron chi connectivity index (χ2n) is 5.60. The molecule has 0 spiro atoms. The van der Waals surface area contributed by atoms with Gasteiger partial charge in [0.25, 0.3) is 0 Å². The van der Waals surface area contributed by atoms with Crippen LogP contribution >= 0.6 is 12.4 Å². The molecule has 2 aliphatic heterocycles. The fourth-order valence-corrected chi connectivity index (χ4v) is 2.88. The van der Waals surface area contributed by atoms with E-state index >= 15 is 0 Å². The molecule has 0 atom stereocenters. The lowest BCUT2D eigenvalue weighted by Crippen LogP contribution is -2.53. The molecule has 0 bridgehead atoms. The SMILES string of the molecule is CCNC(=O)N1CCN(C(=O)CC2CCNCC2)CC1.Cl. The van der Waals surface area contributed by atoms with Crippen molar-refractivity contribution in [3.8, 4) is 0 Å². The summed E-state index contributed by atoms with van der Waals surface area (Å²) in [7, 11) is 0. The van der Waals surface area contributed by atoms with Crippen LogP contribution in [-0.4, -0.2) is 67.6 Å². The third kappa shape index (κ3) is 5.36. The number of carbonyl (C=O) groups excluding carboxylic acids is 2. The summed E-state index contributed by atoms with van der Waals surface area (Å²) >= 11 is 0. The molecule has 0 aromatic heterocycles. The van der Waals surface area contributed by atoms with Crippen molar-refractivity contribution in [1.29, 1.82) is 0 Å². The number of nitrogens with one attached hydrogen (secondary N) is 2. The fourth-order valence-electron chi connectivity index (χ4n) is 2.88. The van der Waals surface area contributed by atoms with Crippen molar-refractivity contribution in [1.82, 2.24) is 20.4 Å². The molecule has 0 aliphatic carbocycles. The van der Waals surface area contributed by atoms with Gasteiger partial charge in [0, 0.05) is 39.1 Å². The smallest absolute Gasteiger partial charge is 0.317 e. The van der Waals surface area contributed by atoms with Gasteiger partial charge in [-0.05, 0) is 38.8 Å². The number of piperazine rings is 1. The van der Waals surface area contributed by atoms with E-state index in [1.165, 1.54) is 0 Å². The highest BCUT2D eigenvalue weighted by molar-refractivity contribution is 5.85. The molecule has 2 heterocycles. The van der Waals surface area contributed by atoms with Crippen LogP contribution < -0.4 is 10.6 Å². The molecule has 2 saturated heterocycles. The molecule has 0 unspecified atom stereocenters. The molecule has 2 N–H and O–H groups in total. The van der Waals surface area contributed by atoms with E-state index < -0.39 is 0 Å². The molecule has 2 fully saturated rings. The number of nitrogens with zero attached hydrogens (tertiary/aromatic N) is 2. The zero-order chi connectivity index (χ0) is 14.4. The Morgan fingerprint density at radius 3 is 2.24 bits per heavy atom. The fraction of sp³-hybridized carbons (Fsp3) is 0.857. The molecular formula is C14H27ClN4O2. The zero-order valence-corrected chi connectivity index (χ0v) is 13.6. The normalized spacial score (nSPS) is 19.9. The van der Waals surface area contributed by atoms with Crippen molar-refractivity contribution in [2.75, 3.05) is 45.8 Å². The van der Waals surface area contributed by atoms with E-state index in [-0.39, 0.29) is 24.3 Å². The third-order valence-corrected chi connectivity index (χ3v) is 4.17. The van der Waals surface area contributed by atoms with Crippen molar-refractivity contribution >= 4 is 24.3 Å². The number of rotatable bonds is 3. The molecule has 6 nitrogen and oxygen atoms in total. The number of urea groups is 1. The lowest BCUT2D eigenvalue weighted by molar-refractivity contribution is -0.133. The van der Waals surface area contributed by atoms with Gasteiger partial charge in [-0.2, -0.15) is 0 Å². The van der Waals surface area contributed by atoms with E-state index in [4.69, 9.17) is 0 Å². The predicted molar refractivity (Wildman–Crippen MR) is 84.7 cm³/mol. The van der Waals surface area contributed by atoms with Crippen molar-refractivity contribution in [2.45, 2.75) is 26.2 Å². The summed E-state index contributed by atoms with van der Waals surface area (Å²) in [5.41, 5.74) is 0. The Labute approximate surface area is 133 Å². The summed E-state index contributed by atoms with van der Waals surface area (Å²) in [5, 5.41) is 6.12. The quantitative estimate of drug-likeness (QED) is 0.804. The van der Waals surface area contributed by atoms with Crippen LogP contribution in [0.5, 0.6) is 0 Å². The molecular weight excluding hydrogens is 292 g/mol. The first-order valence-electron chi connectivity index (χ1n) is 7.72. The van der Waals surface area contributed by atoms with Gasteiger partial charge >= 0.3 is 6.03 Å². The molecule has 21 heavy (non-hydrogen) atoms. The van der Waals surface area contributed by atoms with Gasteiger partial charge in [-0.3, -0.25) is 4.79 Å². The standard InChI is InChI=1S/C14H26N4O2.ClH/c1-2-16-14(20)18-9-7-17(8-10-18)13(19)11-12-3-5-15-6-4-12;/h12,15H,2-11H2,1H3,(H,16,20);1H. The maximum Gasteiger partial charge on any atom is 0.317 e. The van der Waals surface area contributed by atoms with Crippen LogP contribution in [0.25, 0.3) is 0 Å². The highest BCUT2D eigenvalue weighted by Gasteiger charge is 2.25. The number of hydrogen-bond acceptors (Lipinski definition) is 3. The molecule has 0 radical (unpaired) electrons. The molecule has 0 aromatic carbocycles. The molecule has 2 aliphatic rings. The third-order valence-electron chi connectivity index (χ3n) is 4.17. The Morgan fingerprint density at radius 2 is 1.67 bits per heavy atom. The van der Waals surface area contributed by atoms with Gasteiger partial charge in [0.05, 0.1) is 0 Å². The van der Waals surface area contributed by atoms with Gasteiger partial charge < -0.3 is 20.4 Å². The first kappa shape index (κ1) is 18.0. The van der Waals surface area contributed by atoms with Crippen molar-refractivity contribution < 1.29 is 9.59 Å². The number of amides is 3. The van der Waals surface area contributed by atoms with Gasteiger partial charge in [-0.25, -0.2) is 4.79 Å². The van der Waals surface area contributed by atoms with Crippen LogP contribution in [0.1, 0.15) is 26.2 Å². The Kier molecular flexibility index (Phi) is 7.82. The Hall–Kier alpha value is -1.01. The molecule has 0 saturated carbocycles. The minimum atomic E-state index is -0.0158. The average molecular weight is 319 g/mol. The van der Waals surface area contributed by atoms with E-state index in [0.29, 0.717) is 45.1 Å². The van der Waals surface area contributed by atoms with Gasteiger partial charge in [0.1, 0.15) is 0 Å².